The highest BCUT2D eigenvalue weighted by Crippen LogP contribution is 2.20. The SMILES string of the molecule is COC1CC(C(=O)O)N(C(=O)COC2CCNCC2)C1. The number of amides is 1. The van der Waals surface area contributed by atoms with Crippen molar-refractivity contribution in [1.82, 2.24) is 10.2 Å². The summed E-state index contributed by atoms with van der Waals surface area (Å²) >= 11 is 0. The lowest BCUT2D eigenvalue weighted by Crippen LogP contribution is -2.43. The molecule has 1 amide bonds. The number of carbonyl (C=O) groups excluding carboxylic acids is 1. The molecular weight excluding hydrogens is 264 g/mol. The number of piperidine rings is 1. The Bertz CT molecular complexity index is 357. The van der Waals surface area contributed by atoms with Crippen LogP contribution in [-0.4, -0.2) is 73.5 Å². The van der Waals surface area contributed by atoms with Gasteiger partial charge in [0, 0.05) is 20.1 Å². The van der Waals surface area contributed by atoms with Crippen molar-refractivity contribution in [3.8, 4) is 0 Å². The van der Waals surface area contributed by atoms with E-state index in [0.29, 0.717) is 13.0 Å². The maximum absolute atomic E-state index is 12.1. The Morgan fingerprint density at radius 3 is 2.60 bits per heavy atom. The van der Waals surface area contributed by atoms with Gasteiger partial charge in [0.2, 0.25) is 5.91 Å². The van der Waals surface area contributed by atoms with Gasteiger partial charge in [-0.3, -0.25) is 4.79 Å². The number of ether oxygens (including phenoxy) is 2. The largest absolute Gasteiger partial charge is 0.480 e. The number of aliphatic carboxylic acids is 1. The molecule has 2 aliphatic rings. The predicted molar refractivity (Wildman–Crippen MR) is 70.4 cm³/mol. The van der Waals surface area contributed by atoms with Crippen molar-refractivity contribution in [3.63, 3.8) is 0 Å². The summed E-state index contributed by atoms with van der Waals surface area (Å²) in [6, 6.07) is -0.802. The van der Waals surface area contributed by atoms with Crippen molar-refractivity contribution in [3.05, 3.63) is 0 Å². The van der Waals surface area contributed by atoms with Crippen LogP contribution in [-0.2, 0) is 19.1 Å². The minimum atomic E-state index is -0.986. The van der Waals surface area contributed by atoms with Gasteiger partial charge < -0.3 is 24.8 Å². The molecule has 0 aromatic rings. The van der Waals surface area contributed by atoms with E-state index in [1.807, 2.05) is 0 Å². The van der Waals surface area contributed by atoms with Gasteiger partial charge in [-0.05, 0) is 25.9 Å². The Hall–Kier alpha value is -1.18. The first-order chi connectivity index (χ1) is 9.61. The van der Waals surface area contributed by atoms with Crippen molar-refractivity contribution in [2.24, 2.45) is 0 Å². The molecule has 0 aromatic heterocycles. The second-order valence-electron chi connectivity index (χ2n) is 5.25. The molecule has 2 rings (SSSR count). The smallest absolute Gasteiger partial charge is 0.326 e. The highest BCUT2D eigenvalue weighted by Gasteiger charge is 2.39. The molecule has 0 radical (unpaired) electrons. The zero-order valence-corrected chi connectivity index (χ0v) is 11.7. The number of nitrogens with zero attached hydrogens (tertiary/aromatic N) is 1. The van der Waals surface area contributed by atoms with Crippen LogP contribution in [0.1, 0.15) is 19.3 Å². The molecule has 2 heterocycles. The summed E-state index contributed by atoms with van der Waals surface area (Å²) in [6.07, 6.45) is 1.99. The minimum absolute atomic E-state index is 0.0507. The van der Waals surface area contributed by atoms with Crippen LogP contribution in [0.5, 0.6) is 0 Å². The fraction of sp³-hybridized carbons (Fsp3) is 0.846. The third-order valence-electron chi connectivity index (χ3n) is 3.93. The van der Waals surface area contributed by atoms with Crippen molar-refractivity contribution < 1.29 is 24.2 Å². The van der Waals surface area contributed by atoms with E-state index in [1.165, 1.54) is 12.0 Å². The summed E-state index contributed by atoms with van der Waals surface area (Å²) < 4.78 is 10.7. The number of carbonyl (C=O) groups is 2. The molecule has 2 atom stereocenters. The Balaban J connectivity index is 1.85. The van der Waals surface area contributed by atoms with Crippen LogP contribution in [0.25, 0.3) is 0 Å². The van der Waals surface area contributed by atoms with E-state index in [4.69, 9.17) is 14.6 Å². The van der Waals surface area contributed by atoms with E-state index in [-0.39, 0.29) is 24.7 Å². The average Bonchev–Trinajstić information content (AvgIpc) is 2.90. The predicted octanol–water partition coefficient (Wildman–Crippen LogP) is -0.544. The molecule has 2 unspecified atom stereocenters. The molecule has 2 aliphatic heterocycles. The number of nitrogens with one attached hydrogen (secondary N) is 1. The van der Waals surface area contributed by atoms with E-state index in [0.717, 1.165) is 25.9 Å². The van der Waals surface area contributed by atoms with E-state index in [2.05, 4.69) is 5.32 Å². The van der Waals surface area contributed by atoms with Crippen molar-refractivity contribution in [1.29, 1.82) is 0 Å². The number of methoxy groups -OCH3 is 1. The average molecular weight is 286 g/mol. The van der Waals surface area contributed by atoms with Gasteiger partial charge in [0.25, 0.3) is 0 Å². The number of likely N-dealkylation sites (tertiary alicyclic amines) is 1. The second kappa shape index (κ2) is 7.01. The fourth-order valence-corrected chi connectivity index (χ4v) is 2.71. The van der Waals surface area contributed by atoms with Crippen LogP contribution in [0.15, 0.2) is 0 Å². The van der Waals surface area contributed by atoms with Crippen molar-refractivity contribution >= 4 is 11.9 Å². The Labute approximate surface area is 118 Å². The second-order valence-corrected chi connectivity index (χ2v) is 5.25. The monoisotopic (exact) mass is 286 g/mol. The maximum atomic E-state index is 12.1. The van der Waals surface area contributed by atoms with Gasteiger partial charge in [0.05, 0.1) is 12.2 Å². The van der Waals surface area contributed by atoms with E-state index < -0.39 is 12.0 Å². The van der Waals surface area contributed by atoms with Crippen LogP contribution >= 0.6 is 0 Å². The molecule has 7 nitrogen and oxygen atoms in total. The summed E-state index contributed by atoms with van der Waals surface area (Å²) in [6.45, 7) is 2.06. The van der Waals surface area contributed by atoms with Gasteiger partial charge in [-0.25, -0.2) is 4.79 Å². The minimum Gasteiger partial charge on any atom is -0.480 e. The number of hydrogen-bond donors (Lipinski definition) is 2. The lowest BCUT2D eigenvalue weighted by molar-refractivity contribution is -0.151. The third kappa shape index (κ3) is 3.68. The van der Waals surface area contributed by atoms with Crippen molar-refractivity contribution in [2.75, 3.05) is 33.4 Å². The maximum Gasteiger partial charge on any atom is 0.326 e. The first kappa shape index (κ1) is 15.2. The first-order valence-electron chi connectivity index (χ1n) is 6.99. The quantitative estimate of drug-likeness (QED) is 0.705. The first-order valence-corrected chi connectivity index (χ1v) is 6.99. The molecule has 114 valence electrons. The van der Waals surface area contributed by atoms with E-state index >= 15 is 0 Å². The molecule has 0 spiro atoms. The molecule has 0 aromatic carbocycles. The Kier molecular flexibility index (Phi) is 5.33. The fourth-order valence-electron chi connectivity index (χ4n) is 2.71. The standard InChI is InChI=1S/C13H22N2O5/c1-19-10-6-11(13(17)18)15(7-10)12(16)8-20-9-2-4-14-5-3-9/h9-11,14H,2-8H2,1H3,(H,17,18). The zero-order valence-electron chi connectivity index (χ0n) is 11.7. The number of carboxylic acid groups (broad SMARTS) is 1. The number of rotatable bonds is 5. The lowest BCUT2D eigenvalue weighted by atomic mass is 10.1. The molecule has 0 aliphatic carbocycles. The van der Waals surface area contributed by atoms with Crippen LogP contribution in [0.2, 0.25) is 0 Å². The molecule has 0 saturated carbocycles. The molecular formula is C13H22N2O5. The highest BCUT2D eigenvalue weighted by molar-refractivity contribution is 5.85. The van der Waals surface area contributed by atoms with Gasteiger partial charge in [-0.15, -0.1) is 0 Å². The topological polar surface area (TPSA) is 88.1 Å². The van der Waals surface area contributed by atoms with Crippen LogP contribution < -0.4 is 5.32 Å². The number of hydrogen-bond acceptors (Lipinski definition) is 5. The van der Waals surface area contributed by atoms with Crippen LogP contribution in [0.3, 0.4) is 0 Å². The summed E-state index contributed by atoms with van der Waals surface area (Å²) in [7, 11) is 1.53. The molecule has 20 heavy (non-hydrogen) atoms. The Morgan fingerprint density at radius 1 is 1.30 bits per heavy atom. The zero-order chi connectivity index (χ0) is 14.5. The summed E-state index contributed by atoms with van der Waals surface area (Å²) in [5.74, 6) is -1.25. The van der Waals surface area contributed by atoms with Crippen LogP contribution in [0.4, 0.5) is 0 Å². The third-order valence-corrected chi connectivity index (χ3v) is 3.93. The molecule has 2 saturated heterocycles. The van der Waals surface area contributed by atoms with Gasteiger partial charge in [0.15, 0.2) is 0 Å². The Morgan fingerprint density at radius 2 is 2.00 bits per heavy atom. The highest BCUT2D eigenvalue weighted by atomic mass is 16.5. The van der Waals surface area contributed by atoms with Gasteiger partial charge in [-0.2, -0.15) is 0 Å². The number of carboxylic acids is 1. The van der Waals surface area contributed by atoms with Gasteiger partial charge in [-0.1, -0.05) is 0 Å². The normalized spacial score (nSPS) is 27.8. The van der Waals surface area contributed by atoms with Gasteiger partial charge in [0.1, 0.15) is 12.6 Å². The van der Waals surface area contributed by atoms with E-state index in [9.17, 15) is 9.59 Å². The summed E-state index contributed by atoms with van der Waals surface area (Å²) in [4.78, 5) is 24.7. The van der Waals surface area contributed by atoms with Crippen molar-refractivity contribution in [2.45, 2.75) is 37.5 Å². The molecule has 2 N–H and O–H groups in total. The van der Waals surface area contributed by atoms with Gasteiger partial charge >= 0.3 is 5.97 Å². The van der Waals surface area contributed by atoms with Crippen LogP contribution in [0, 0.1) is 0 Å². The molecule has 2 fully saturated rings. The molecule has 7 heteroatoms. The summed E-state index contributed by atoms with van der Waals surface area (Å²) in [5, 5.41) is 12.4. The van der Waals surface area contributed by atoms with E-state index in [1.54, 1.807) is 0 Å². The molecule has 0 bridgehead atoms. The summed E-state index contributed by atoms with van der Waals surface area (Å²) in [5.41, 5.74) is 0. The lowest BCUT2D eigenvalue weighted by Gasteiger charge is -2.25.